The van der Waals surface area contributed by atoms with Crippen molar-refractivity contribution in [2.45, 2.75) is 64.2 Å². The van der Waals surface area contributed by atoms with E-state index in [4.69, 9.17) is 17.5 Å². The van der Waals surface area contributed by atoms with E-state index in [1.807, 2.05) is 24.3 Å². The Morgan fingerprint density at radius 2 is 1.65 bits per heavy atom. The molecule has 3 amide bonds. The number of carbonyl (C=O) groups is 3. The SMILES string of the molecule is CC1(C)C(=O)N(c2ccc(C#N)c(C(F)(F)F)c2)C(=S)N1c1ccc(C(=O)NCCCCCCNCc2ccc(-c3[nH]c4cc(F)cc5c4c3CCNC5=O)cc2)c(F)c1. The van der Waals surface area contributed by atoms with E-state index in [9.17, 15) is 31.9 Å². The van der Waals surface area contributed by atoms with Gasteiger partial charge in [-0.25, -0.2) is 8.78 Å². The minimum atomic E-state index is -4.85. The molecule has 0 radical (unpaired) electrons. The topological polar surface area (TPSA) is 133 Å². The number of halogens is 5. The van der Waals surface area contributed by atoms with Crippen LogP contribution in [0, 0.1) is 23.0 Å². The molecule has 310 valence electrons. The molecule has 16 heteroatoms. The summed E-state index contributed by atoms with van der Waals surface area (Å²) in [4.78, 5) is 44.4. The molecule has 0 spiro atoms. The number of alkyl halides is 3. The second-order valence-electron chi connectivity index (χ2n) is 15.2. The van der Waals surface area contributed by atoms with Gasteiger partial charge in [0.05, 0.1) is 34.0 Å². The summed E-state index contributed by atoms with van der Waals surface area (Å²) in [5.41, 5.74) is 1.34. The number of hydrogen-bond donors (Lipinski definition) is 4. The maximum atomic E-state index is 15.4. The first-order chi connectivity index (χ1) is 28.6. The van der Waals surface area contributed by atoms with Crippen LogP contribution in [0.2, 0.25) is 0 Å². The first-order valence-electron chi connectivity index (χ1n) is 19.4. The van der Waals surface area contributed by atoms with Crippen LogP contribution in [0.3, 0.4) is 0 Å². The minimum absolute atomic E-state index is 0.130. The number of carbonyl (C=O) groups excluding carboxylic acids is 3. The van der Waals surface area contributed by atoms with Crippen LogP contribution in [0.5, 0.6) is 0 Å². The van der Waals surface area contributed by atoms with Gasteiger partial charge in [-0.2, -0.15) is 18.4 Å². The first kappa shape index (κ1) is 42.0. The second-order valence-corrected chi connectivity index (χ2v) is 15.6. The zero-order valence-corrected chi connectivity index (χ0v) is 33.5. The summed E-state index contributed by atoms with van der Waals surface area (Å²) in [5, 5.41) is 18.8. The van der Waals surface area contributed by atoms with Gasteiger partial charge in [0.1, 0.15) is 17.2 Å². The highest BCUT2D eigenvalue weighted by Crippen LogP contribution is 2.40. The molecular formula is C44H40F5N7O3S. The molecule has 0 unspecified atom stereocenters. The molecule has 0 aliphatic carbocycles. The smallest absolute Gasteiger partial charge is 0.354 e. The average molecular weight is 842 g/mol. The number of nitrogens with zero attached hydrogens (tertiary/aromatic N) is 3. The number of rotatable bonds is 13. The molecule has 2 aliphatic heterocycles. The molecule has 5 aromatic rings. The number of aromatic amines is 1. The summed E-state index contributed by atoms with van der Waals surface area (Å²) in [5.74, 6) is -2.88. The number of unbranched alkanes of at least 4 members (excludes halogenated alkanes) is 3. The van der Waals surface area contributed by atoms with Crippen LogP contribution >= 0.6 is 12.2 Å². The lowest BCUT2D eigenvalue weighted by Gasteiger charge is -2.29. The Labute approximate surface area is 347 Å². The molecule has 0 bridgehead atoms. The second kappa shape index (κ2) is 16.8. The van der Waals surface area contributed by atoms with E-state index in [1.165, 1.54) is 55.1 Å². The van der Waals surface area contributed by atoms with Crippen LogP contribution in [0.25, 0.3) is 22.2 Å². The van der Waals surface area contributed by atoms with Crippen LogP contribution < -0.4 is 25.8 Å². The van der Waals surface area contributed by atoms with Crippen molar-refractivity contribution in [1.29, 1.82) is 5.26 Å². The lowest BCUT2D eigenvalue weighted by atomic mass is 9.99. The molecule has 1 fully saturated rings. The predicted octanol–water partition coefficient (Wildman–Crippen LogP) is 8.29. The normalized spacial score (nSPS) is 15.0. The summed E-state index contributed by atoms with van der Waals surface area (Å²) in [6.07, 6.45) is -0.875. The zero-order valence-electron chi connectivity index (χ0n) is 32.7. The molecular weight excluding hydrogens is 802 g/mol. The number of thiocarbonyl (C=S) groups is 1. The highest BCUT2D eigenvalue weighted by Gasteiger charge is 2.51. The molecule has 0 atom stereocenters. The van der Waals surface area contributed by atoms with E-state index in [0.29, 0.717) is 49.6 Å². The summed E-state index contributed by atoms with van der Waals surface area (Å²) < 4.78 is 70.7. The molecule has 1 saturated heterocycles. The van der Waals surface area contributed by atoms with Crippen molar-refractivity contribution in [2.24, 2.45) is 0 Å². The fraction of sp³-hybridized carbons (Fsp3) is 0.295. The Balaban J connectivity index is 0.856. The molecule has 3 heterocycles. The van der Waals surface area contributed by atoms with E-state index in [-0.39, 0.29) is 28.0 Å². The number of benzene rings is 4. The Bertz CT molecular complexity index is 2560. The molecule has 4 aromatic carbocycles. The molecule has 4 N–H and O–H groups in total. The van der Waals surface area contributed by atoms with Crippen LogP contribution in [-0.4, -0.2) is 53.0 Å². The third kappa shape index (κ3) is 8.19. The van der Waals surface area contributed by atoms with Gasteiger partial charge in [0.25, 0.3) is 17.7 Å². The van der Waals surface area contributed by atoms with Crippen molar-refractivity contribution in [3.05, 3.63) is 118 Å². The van der Waals surface area contributed by atoms with Gasteiger partial charge in [-0.3, -0.25) is 19.3 Å². The van der Waals surface area contributed by atoms with Crippen molar-refractivity contribution in [3.8, 4) is 17.3 Å². The maximum Gasteiger partial charge on any atom is 0.417 e. The summed E-state index contributed by atoms with van der Waals surface area (Å²) in [6.45, 7) is 5.25. The first-order valence-corrected chi connectivity index (χ1v) is 19.8. The van der Waals surface area contributed by atoms with Crippen LogP contribution in [-0.2, 0) is 23.9 Å². The Hall–Kier alpha value is -6.18. The van der Waals surface area contributed by atoms with Gasteiger partial charge in [-0.05, 0) is 117 Å². The number of amides is 3. The molecule has 10 nitrogen and oxygen atoms in total. The minimum Gasteiger partial charge on any atom is -0.354 e. The zero-order chi connectivity index (χ0) is 42.9. The van der Waals surface area contributed by atoms with Crippen molar-refractivity contribution in [2.75, 3.05) is 29.4 Å². The largest absolute Gasteiger partial charge is 0.417 e. The number of nitriles is 1. The van der Waals surface area contributed by atoms with E-state index >= 15 is 4.39 Å². The van der Waals surface area contributed by atoms with Crippen molar-refractivity contribution in [3.63, 3.8) is 0 Å². The molecule has 1 aromatic heterocycles. The lowest BCUT2D eigenvalue weighted by Crippen LogP contribution is -2.44. The van der Waals surface area contributed by atoms with Crippen molar-refractivity contribution < 1.29 is 36.3 Å². The van der Waals surface area contributed by atoms with E-state index in [0.717, 1.165) is 70.6 Å². The Morgan fingerprint density at radius 1 is 0.933 bits per heavy atom. The van der Waals surface area contributed by atoms with Gasteiger partial charge in [0.2, 0.25) is 0 Å². The Kier molecular flexibility index (Phi) is 11.8. The van der Waals surface area contributed by atoms with Crippen LogP contribution in [0.15, 0.2) is 72.8 Å². The summed E-state index contributed by atoms with van der Waals surface area (Å²) >= 11 is 5.52. The number of nitrogens with one attached hydrogen (secondary N) is 4. The van der Waals surface area contributed by atoms with Gasteiger partial charge in [0, 0.05) is 41.9 Å². The Morgan fingerprint density at radius 3 is 2.35 bits per heavy atom. The molecule has 7 rings (SSSR count). The highest BCUT2D eigenvalue weighted by molar-refractivity contribution is 7.81. The maximum absolute atomic E-state index is 15.4. The third-order valence-corrected chi connectivity index (χ3v) is 11.2. The monoisotopic (exact) mass is 841 g/mol. The molecule has 60 heavy (non-hydrogen) atoms. The van der Waals surface area contributed by atoms with Crippen LogP contribution in [0.4, 0.5) is 33.3 Å². The quantitative estimate of drug-likeness (QED) is 0.0533. The number of aromatic nitrogens is 1. The van der Waals surface area contributed by atoms with Crippen molar-refractivity contribution >= 4 is 57.3 Å². The standard InChI is InChI=1S/C44H40F5N7O3S/c1-43(2)41(59)55(29-12-11-27(23-50)34(21-29)44(47,48)49)42(60)56(43)30-13-14-31(35(46)22-30)39(57)52-17-6-4-3-5-16-51-24-25-7-9-26(10-8-25)38-32-15-18-53-40(58)33-19-28(45)20-36(54-38)37(32)33/h7-14,19-22,51,54H,3-6,15-18,24H2,1-2H3,(H,52,57)(H,53,58). The van der Waals surface area contributed by atoms with E-state index in [2.05, 4.69) is 20.9 Å². The summed E-state index contributed by atoms with van der Waals surface area (Å²) in [6, 6.07) is 18.9. The van der Waals surface area contributed by atoms with Gasteiger partial charge >= 0.3 is 6.18 Å². The fourth-order valence-electron chi connectivity index (χ4n) is 7.77. The van der Waals surface area contributed by atoms with Crippen LogP contribution in [0.1, 0.15) is 82.5 Å². The number of anilines is 2. The third-order valence-electron chi connectivity index (χ3n) is 10.8. The van der Waals surface area contributed by atoms with Gasteiger partial charge in [-0.15, -0.1) is 0 Å². The average Bonchev–Trinajstić information content (AvgIpc) is 3.58. The van der Waals surface area contributed by atoms with Crippen molar-refractivity contribution in [1.82, 2.24) is 20.9 Å². The lowest BCUT2D eigenvalue weighted by molar-refractivity contribution is -0.137. The fourth-order valence-corrected chi connectivity index (χ4v) is 8.29. The highest BCUT2D eigenvalue weighted by atomic mass is 32.1. The van der Waals surface area contributed by atoms with E-state index in [1.54, 1.807) is 0 Å². The van der Waals surface area contributed by atoms with E-state index < -0.39 is 46.3 Å². The molecule has 2 aliphatic rings. The van der Waals surface area contributed by atoms with Gasteiger partial charge in [0.15, 0.2) is 5.11 Å². The number of hydrogen-bond acceptors (Lipinski definition) is 6. The van der Waals surface area contributed by atoms with Gasteiger partial charge < -0.3 is 25.8 Å². The van der Waals surface area contributed by atoms with Gasteiger partial charge in [-0.1, -0.05) is 37.1 Å². The molecule has 0 saturated carbocycles. The summed E-state index contributed by atoms with van der Waals surface area (Å²) in [7, 11) is 0. The predicted molar refractivity (Wildman–Crippen MR) is 221 cm³/mol. The number of H-pyrrole nitrogens is 1.